The number of aliphatic hydroxyl groups excluding tert-OH is 1. The summed E-state index contributed by atoms with van der Waals surface area (Å²) in [6.07, 6.45) is 1.37. The van der Waals surface area contributed by atoms with Gasteiger partial charge in [-0.25, -0.2) is 23.5 Å². The van der Waals surface area contributed by atoms with Crippen molar-refractivity contribution in [3.63, 3.8) is 0 Å². The molecule has 4 rings (SSSR count). The molecule has 0 bridgehead atoms. The number of nitrogens with zero attached hydrogens (tertiary/aromatic N) is 3. The fraction of sp³-hybridized carbons (Fsp3) is 0.167. The minimum atomic E-state index is -3.84. The van der Waals surface area contributed by atoms with Crippen molar-refractivity contribution in [1.82, 2.24) is 19.5 Å². The summed E-state index contributed by atoms with van der Waals surface area (Å²) in [5, 5.41) is 9.34. The molecule has 0 saturated carbocycles. The third kappa shape index (κ3) is 3.35. The van der Waals surface area contributed by atoms with Gasteiger partial charge in [0.2, 0.25) is 7.37 Å². The summed E-state index contributed by atoms with van der Waals surface area (Å²) in [4.78, 5) is 32.9. The van der Waals surface area contributed by atoms with Crippen LogP contribution in [0.25, 0.3) is 22.1 Å². The van der Waals surface area contributed by atoms with E-state index in [0.717, 1.165) is 23.4 Å². The average Bonchev–Trinajstić information content (AvgIpc) is 2.98. The van der Waals surface area contributed by atoms with Gasteiger partial charge < -0.3 is 15.0 Å². The van der Waals surface area contributed by atoms with Gasteiger partial charge in [-0.3, -0.25) is 9.13 Å². The number of fused-ring (bicyclic) bond motifs is 3. The Kier molecular flexibility index (Phi) is 4.57. The Morgan fingerprint density at radius 3 is 2.55 bits per heavy atom. The number of hydrogen-bond acceptors (Lipinski definition) is 5. The number of benzene rings is 1. The number of rotatable bonds is 4. The van der Waals surface area contributed by atoms with Crippen molar-refractivity contribution in [2.45, 2.75) is 13.2 Å². The van der Waals surface area contributed by atoms with Gasteiger partial charge >= 0.3 is 5.69 Å². The second kappa shape index (κ2) is 6.84. The van der Waals surface area contributed by atoms with Crippen LogP contribution in [0.1, 0.15) is 11.3 Å². The predicted molar refractivity (Wildman–Crippen MR) is 102 cm³/mol. The fourth-order valence-corrected chi connectivity index (χ4v) is 3.85. The number of aromatic nitrogens is 4. The molecule has 3 aromatic heterocycles. The summed E-state index contributed by atoms with van der Waals surface area (Å²) in [7, 11) is -3.84. The Labute approximate surface area is 161 Å². The van der Waals surface area contributed by atoms with Gasteiger partial charge in [0.05, 0.1) is 36.1 Å². The molecule has 1 unspecified atom stereocenters. The van der Waals surface area contributed by atoms with Crippen molar-refractivity contribution in [3.8, 4) is 0 Å². The van der Waals surface area contributed by atoms with E-state index in [1.165, 1.54) is 6.20 Å². The van der Waals surface area contributed by atoms with Crippen LogP contribution in [0.3, 0.4) is 0 Å². The van der Waals surface area contributed by atoms with E-state index in [1.807, 2.05) is 0 Å². The first-order chi connectivity index (χ1) is 13.7. The van der Waals surface area contributed by atoms with Gasteiger partial charge in [-0.2, -0.15) is 0 Å². The Balaban J connectivity index is 1.91. The van der Waals surface area contributed by atoms with Gasteiger partial charge in [0.1, 0.15) is 11.6 Å². The van der Waals surface area contributed by atoms with Crippen molar-refractivity contribution in [3.05, 3.63) is 63.8 Å². The fourth-order valence-electron chi connectivity index (χ4n) is 3.15. The molecule has 150 valence electrons. The van der Waals surface area contributed by atoms with E-state index in [1.54, 1.807) is 12.1 Å². The smallest absolute Gasteiger partial charge is 0.326 e. The van der Waals surface area contributed by atoms with E-state index in [2.05, 4.69) is 15.0 Å². The van der Waals surface area contributed by atoms with E-state index in [-0.39, 0.29) is 17.6 Å². The first-order valence-corrected chi connectivity index (χ1v) is 10.6. The number of pyridine rings is 2. The van der Waals surface area contributed by atoms with E-state index in [0.29, 0.717) is 22.1 Å². The highest BCUT2D eigenvalue weighted by Crippen LogP contribution is 2.35. The molecule has 1 atom stereocenters. The number of H-pyrrole nitrogens is 1. The first-order valence-electron chi connectivity index (χ1n) is 8.46. The van der Waals surface area contributed by atoms with Crippen LogP contribution in [0.2, 0.25) is 0 Å². The molecule has 1 aromatic carbocycles. The lowest BCUT2D eigenvalue weighted by Gasteiger charge is -2.11. The van der Waals surface area contributed by atoms with Gasteiger partial charge in [0.25, 0.3) is 0 Å². The molecular weight excluding hydrogens is 405 g/mol. The van der Waals surface area contributed by atoms with Crippen molar-refractivity contribution < 1.29 is 23.3 Å². The molecule has 0 aliphatic rings. The molecule has 0 saturated heterocycles. The molecule has 0 radical (unpaired) electrons. The van der Waals surface area contributed by atoms with Crippen molar-refractivity contribution in [2.75, 3.05) is 6.66 Å². The molecule has 0 aliphatic carbocycles. The summed E-state index contributed by atoms with van der Waals surface area (Å²) >= 11 is 0. The summed E-state index contributed by atoms with van der Waals surface area (Å²) in [6.45, 7) is 0.249. The molecule has 4 aromatic rings. The Morgan fingerprint density at radius 2 is 1.93 bits per heavy atom. The van der Waals surface area contributed by atoms with Crippen LogP contribution >= 0.6 is 7.37 Å². The van der Waals surface area contributed by atoms with Crippen LogP contribution in [0.4, 0.5) is 8.78 Å². The number of hydrogen-bond donors (Lipinski definition) is 3. The highest BCUT2D eigenvalue weighted by molar-refractivity contribution is 7.65. The lowest BCUT2D eigenvalue weighted by molar-refractivity contribution is 0.277. The third-order valence-corrected chi connectivity index (χ3v) is 5.82. The van der Waals surface area contributed by atoms with Crippen LogP contribution < -0.4 is 11.0 Å². The summed E-state index contributed by atoms with van der Waals surface area (Å²) < 4.78 is 41.9. The Bertz CT molecular complexity index is 1350. The molecule has 11 heteroatoms. The van der Waals surface area contributed by atoms with Gasteiger partial charge in [-0.1, -0.05) is 0 Å². The minimum absolute atomic E-state index is 0.264. The van der Waals surface area contributed by atoms with Crippen LogP contribution in [-0.4, -0.2) is 36.2 Å². The molecule has 0 spiro atoms. The van der Waals surface area contributed by atoms with Gasteiger partial charge in [0, 0.05) is 22.9 Å². The second-order valence-electron chi connectivity index (χ2n) is 6.64. The Morgan fingerprint density at radius 1 is 1.24 bits per heavy atom. The number of halogens is 2. The maximum Gasteiger partial charge on any atom is 0.326 e. The summed E-state index contributed by atoms with van der Waals surface area (Å²) in [5.74, 6) is -2.06. The van der Waals surface area contributed by atoms with Gasteiger partial charge in [-0.05, 0) is 24.3 Å². The number of nitrogens with one attached hydrogen (secondary N) is 1. The normalized spacial score (nSPS) is 13.8. The summed E-state index contributed by atoms with van der Waals surface area (Å²) in [6, 6.07) is 4.77. The zero-order chi connectivity index (χ0) is 20.9. The quantitative estimate of drug-likeness (QED) is 0.432. The van der Waals surface area contributed by atoms with E-state index < -0.39 is 36.8 Å². The molecule has 29 heavy (non-hydrogen) atoms. The third-order valence-electron chi connectivity index (χ3n) is 4.60. The van der Waals surface area contributed by atoms with Crippen molar-refractivity contribution in [1.29, 1.82) is 0 Å². The van der Waals surface area contributed by atoms with E-state index in [4.69, 9.17) is 0 Å². The van der Waals surface area contributed by atoms with Gasteiger partial charge in [-0.15, -0.1) is 0 Å². The lowest BCUT2D eigenvalue weighted by Crippen LogP contribution is -2.20. The topological polar surface area (TPSA) is 121 Å². The van der Waals surface area contributed by atoms with Crippen LogP contribution in [-0.2, 0) is 17.7 Å². The maximum atomic E-state index is 14.5. The van der Waals surface area contributed by atoms with Crippen molar-refractivity contribution in [2.24, 2.45) is 0 Å². The highest BCUT2D eigenvalue weighted by atomic mass is 31.2. The molecule has 0 amide bonds. The summed E-state index contributed by atoms with van der Waals surface area (Å²) in [5.41, 5.74) is 0.326. The molecule has 3 N–H and O–H groups in total. The number of aliphatic hydroxyl groups is 1. The molecule has 0 fully saturated rings. The largest absolute Gasteiger partial charge is 0.390 e. The predicted octanol–water partition coefficient (Wildman–Crippen LogP) is 1.62. The first kappa shape index (κ1) is 19.4. The number of aromatic amines is 1. The monoisotopic (exact) mass is 420 g/mol. The van der Waals surface area contributed by atoms with Crippen LogP contribution in [0.15, 0.2) is 35.3 Å². The van der Waals surface area contributed by atoms with Crippen LogP contribution in [0.5, 0.6) is 0 Å². The molecular formula is C18H15F2N4O4P. The van der Waals surface area contributed by atoms with Gasteiger partial charge in [0.15, 0.2) is 5.65 Å². The zero-order valence-corrected chi connectivity index (χ0v) is 16.0. The second-order valence-corrected chi connectivity index (χ2v) is 8.91. The standard InChI is InChI=1S/C18H15F2N4O4P/c1-29(27,28)10-4-13(19)12(14(20)5-10)7-24-16-11-3-2-9(8-25)22-17(11)21-6-15(16)23-18(24)26/h2-6,25H,7-8H2,1H3,(H,23,26)(H,27,28). The van der Waals surface area contributed by atoms with E-state index in [9.17, 15) is 28.1 Å². The van der Waals surface area contributed by atoms with Crippen LogP contribution in [0, 0.1) is 11.6 Å². The maximum absolute atomic E-state index is 14.5. The average molecular weight is 420 g/mol. The zero-order valence-electron chi connectivity index (χ0n) is 15.1. The Hall–Kier alpha value is -2.94. The SMILES string of the molecule is CP(=O)(O)c1cc(F)c(Cn2c(=O)[nH]c3cnc4nc(CO)ccc4c32)c(F)c1. The molecule has 8 nitrogen and oxygen atoms in total. The minimum Gasteiger partial charge on any atom is -0.390 e. The lowest BCUT2D eigenvalue weighted by atomic mass is 10.2. The molecule has 3 heterocycles. The molecule has 0 aliphatic heterocycles. The highest BCUT2D eigenvalue weighted by Gasteiger charge is 2.21. The number of imidazole rings is 1. The van der Waals surface area contributed by atoms with Crippen molar-refractivity contribution >= 4 is 34.7 Å². The van der Waals surface area contributed by atoms with E-state index >= 15 is 0 Å².